The highest BCUT2D eigenvalue weighted by Gasteiger charge is 2.40. The van der Waals surface area contributed by atoms with E-state index in [1.807, 2.05) is 0 Å². The molecule has 1 N–H and O–H groups in total. The Labute approximate surface area is 100 Å². The number of rotatable bonds is 4. The topological polar surface area (TPSA) is 12.0 Å². The van der Waals surface area contributed by atoms with Crippen LogP contribution < -0.4 is 5.32 Å². The fraction of sp³-hybridized carbons (Fsp3) is 1.00. The number of hydrogen-bond acceptors (Lipinski definition) is 1. The molecule has 0 spiro atoms. The van der Waals surface area contributed by atoms with E-state index < -0.39 is 0 Å². The third kappa shape index (κ3) is 1.92. The minimum atomic E-state index is 0.682. The molecule has 0 aromatic heterocycles. The lowest BCUT2D eigenvalue weighted by atomic mass is 9.82. The van der Waals surface area contributed by atoms with E-state index >= 15 is 0 Å². The van der Waals surface area contributed by atoms with Gasteiger partial charge in [-0.1, -0.05) is 26.2 Å². The summed E-state index contributed by atoms with van der Waals surface area (Å²) in [5.74, 6) is 2.13. The Kier molecular flexibility index (Phi) is 2.99. The minimum Gasteiger partial charge on any atom is -0.313 e. The molecule has 3 aliphatic rings. The van der Waals surface area contributed by atoms with Gasteiger partial charge >= 0.3 is 0 Å². The van der Waals surface area contributed by atoms with Crippen molar-refractivity contribution in [2.24, 2.45) is 17.3 Å². The second kappa shape index (κ2) is 4.33. The van der Waals surface area contributed by atoms with Crippen LogP contribution in [-0.2, 0) is 0 Å². The molecule has 3 aliphatic carbocycles. The van der Waals surface area contributed by atoms with Crippen molar-refractivity contribution in [2.45, 2.75) is 70.8 Å². The molecule has 92 valence electrons. The maximum absolute atomic E-state index is 3.95. The number of nitrogens with one attached hydrogen (secondary N) is 1. The minimum absolute atomic E-state index is 0.682. The highest BCUT2D eigenvalue weighted by atomic mass is 14.9. The van der Waals surface area contributed by atoms with E-state index in [1.54, 1.807) is 0 Å². The van der Waals surface area contributed by atoms with Gasteiger partial charge in [0.1, 0.15) is 0 Å². The Morgan fingerprint density at radius 2 is 1.94 bits per heavy atom. The molecule has 0 radical (unpaired) electrons. The first-order chi connectivity index (χ1) is 7.81. The molecule has 3 saturated carbocycles. The molecule has 3 unspecified atom stereocenters. The Morgan fingerprint density at radius 1 is 1.12 bits per heavy atom. The van der Waals surface area contributed by atoms with E-state index in [-0.39, 0.29) is 0 Å². The summed E-state index contributed by atoms with van der Waals surface area (Å²) >= 11 is 0. The number of fused-ring (bicyclic) bond motifs is 2. The van der Waals surface area contributed by atoms with Gasteiger partial charge in [-0.05, 0) is 55.8 Å². The van der Waals surface area contributed by atoms with Gasteiger partial charge < -0.3 is 5.32 Å². The summed E-state index contributed by atoms with van der Waals surface area (Å²) < 4.78 is 0. The third-order valence-corrected chi connectivity index (χ3v) is 5.89. The summed E-state index contributed by atoms with van der Waals surface area (Å²) in [6.45, 7) is 3.71. The van der Waals surface area contributed by atoms with Gasteiger partial charge in [-0.3, -0.25) is 0 Å². The largest absolute Gasteiger partial charge is 0.313 e. The average molecular weight is 221 g/mol. The van der Waals surface area contributed by atoms with Crippen LogP contribution in [0.2, 0.25) is 0 Å². The van der Waals surface area contributed by atoms with Crippen molar-refractivity contribution in [2.75, 3.05) is 6.54 Å². The molecule has 1 nitrogen and oxygen atoms in total. The molecule has 1 heteroatoms. The molecular formula is C15H27N. The van der Waals surface area contributed by atoms with E-state index in [0.29, 0.717) is 5.41 Å². The average Bonchev–Trinajstić information content (AvgIpc) is 3.03. The Bertz CT molecular complexity index is 242. The summed E-state index contributed by atoms with van der Waals surface area (Å²) in [5.41, 5.74) is 0.682. The van der Waals surface area contributed by atoms with E-state index in [4.69, 9.17) is 0 Å². The molecular weight excluding hydrogens is 194 g/mol. The van der Waals surface area contributed by atoms with Gasteiger partial charge in [0.25, 0.3) is 0 Å². The lowest BCUT2D eigenvalue weighted by Crippen LogP contribution is -2.41. The molecule has 0 aromatic carbocycles. The SMILES string of the molecule is CCC1(CNC2CC3CCC2C3)CCCC1. The van der Waals surface area contributed by atoms with Crippen LogP contribution in [0.25, 0.3) is 0 Å². The van der Waals surface area contributed by atoms with Crippen molar-refractivity contribution in [3.05, 3.63) is 0 Å². The van der Waals surface area contributed by atoms with Gasteiger partial charge in [0.05, 0.1) is 0 Å². The van der Waals surface area contributed by atoms with Crippen LogP contribution in [0.1, 0.15) is 64.7 Å². The lowest BCUT2D eigenvalue weighted by Gasteiger charge is -2.32. The van der Waals surface area contributed by atoms with Crippen LogP contribution in [0.15, 0.2) is 0 Å². The zero-order valence-corrected chi connectivity index (χ0v) is 10.8. The standard InChI is InChI=1S/C15H27N/c1-2-15(7-3-4-8-15)11-16-14-10-12-5-6-13(14)9-12/h12-14,16H,2-11H2,1H3. The normalized spacial score (nSPS) is 40.7. The van der Waals surface area contributed by atoms with Crippen LogP contribution in [0.5, 0.6) is 0 Å². The van der Waals surface area contributed by atoms with Gasteiger partial charge in [-0.2, -0.15) is 0 Å². The predicted molar refractivity (Wildman–Crippen MR) is 68.4 cm³/mol. The van der Waals surface area contributed by atoms with Crippen molar-refractivity contribution in [3.8, 4) is 0 Å². The van der Waals surface area contributed by atoms with Crippen LogP contribution in [0.4, 0.5) is 0 Å². The molecule has 0 aliphatic heterocycles. The smallest absolute Gasteiger partial charge is 0.00982 e. The van der Waals surface area contributed by atoms with E-state index in [2.05, 4.69) is 12.2 Å². The lowest BCUT2D eigenvalue weighted by molar-refractivity contribution is 0.234. The molecule has 3 rings (SSSR count). The molecule has 0 saturated heterocycles. The summed E-state index contributed by atoms with van der Waals surface area (Å²) in [4.78, 5) is 0. The van der Waals surface area contributed by atoms with Gasteiger partial charge in [-0.25, -0.2) is 0 Å². The molecule has 2 bridgehead atoms. The van der Waals surface area contributed by atoms with Gasteiger partial charge in [-0.15, -0.1) is 0 Å². The summed E-state index contributed by atoms with van der Waals surface area (Å²) in [6.07, 6.45) is 13.4. The fourth-order valence-corrected chi connectivity index (χ4v) is 4.62. The van der Waals surface area contributed by atoms with Crippen molar-refractivity contribution in [3.63, 3.8) is 0 Å². The van der Waals surface area contributed by atoms with E-state index in [0.717, 1.165) is 17.9 Å². The first-order valence-electron chi connectivity index (χ1n) is 7.55. The Hall–Kier alpha value is -0.0400. The zero-order chi connectivity index (χ0) is 11.0. The predicted octanol–water partition coefficient (Wildman–Crippen LogP) is 3.74. The zero-order valence-electron chi connectivity index (χ0n) is 10.8. The molecule has 0 aromatic rings. The summed E-state index contributed by atoms with van der Waals surface area (Å²) in [7, 11) is 0. The van der Waals surface area contributed by atoms with Gasteiger partial charge in [0.15, 0.2) is 0 Å². The second-order valence-corrected chi connectivity index (χ2v) is 6.72. The van der Waals surface area contributed by atoms with Crippen molar-refractivity contribution in [1.82, 2.24) is 5.32 Å². The fourth-order valence-electron chi connectivity index (χ4n) is 4.62. The number of hydrogen-bond donors (Lipinski definition) is 1. The maximum Gasteiger partial charge on any atom is 0.00982 e. The highest BCUT2D eigenvalue weighted by Crippen LogP contribution is 2.45. The van der Waals surface area contributed by atoms with Gasteiger partial charge in [0, 0.05) is 12.6 Å². The molecule has 0 heterocycles. The van der Waals surface area contributed by atoms with Crippen LogP contribution in [0.3, 0.4) is 0 Å². The maximum atomic E-state index is 3.95. The van der Waals surface area contributed by atoms with Crippen LogP contribution in [-0.4, -0.2) is 12.6 Å². The van der Waals surface area contributed by atoms with Crippen molar-refractivity contribution in [1.29, 1.82) is 0 Å². The third-order valence-electron chi connectivity index (χ3n) is 5.89. The first kappa shape index (κ1) is 11.1. The summed E-state index contributed by atoms with van der Waals surface area (Å²) in [6, 6.07) is 0.891. The van der Waals surface area contributed by atoms with Crippen LogP contribution >= 0.6 is 0 Å². The quantitative estimate of drug-likeness (QED) is 0.762. The highest BCUT2D eigenvalue weighted by molar-refractivity contribution is 4.96. The Balaban J connectivity index is 1.52. The molecule has 3 atom stereocenters. The summed E-state index contributed by atoms with van der Waals surface area (Å²) in [5, 5.41) is 3.95. The van der Waals surface area contributed by atoms with Crippen LogP contribution in [0, 0.1) is 17.3 Å². The molecule has 0 amide bonds. The second-order valence-electron chi connectivity index (χ2n) is 6.72. The Morgan fingerprint density at radius 3 is 2.50 bits per heavy atom. The van der Waals surface area contributed by atoms with Crippen molar-refractivity contribution < 1.29 is 0 Å². The molecule has 3 fully saturated rings. The first-order valence-corrected chi connectivity index (χ1v) is 7.55. The van der Waals surface area contributed by atoms with E-state index in [9.17, 15) is 0 Å². The molecule has 16 heavy (non-hydrogen) atoms. The van der Waals surface area contributed by atoms with E-state index in [1.165, 1.54) is 64.3 Å². The van der Waals surface area contributed by atoms with Gasteiger partial charge in [0.2, 0.25) is 0 Å². The van der Waals surface area contributed by atoms with Crippen molar-refractivity contribution >= 4 is 0 Å². The monoisotopic (exact) mass is 221 g/mol.